The summed E-state index contributed by atoms with van der Waals surface area (Å²) in [4.78, 5) is 13.7. The van der Waals surface area contributed by atoms with E-state index in [1.54, 1.807) is 24.5 Å². The fourth-order valence-electron chi connectivity index (χ4n) is 3.61. The first-order valence-electron chi connectivity index (χ1n) is 9.01. The third-order valence-electron chi connectivity index (χ3n) is 5.06. The van der Waals surface area contributed by atoms with Crippen LogP contribution >= 0.6 is 15.9 Å². The number of aromatic nitrogens is 2. The topological polar surface area (TPSA) is 38.1 Å². The van der Waals surface area contributed by atoms with Gasteiger partial charge in [0.05, 0.1) is 17.1 Å². The third-order valence-corrected chi connectivity index (χ3v) is 5.81. The highest BCUT2D eigenvalue weighted by atomic mass is 79.9. The van der Waals surface area contributed by atoms with Gasteiger partial charge in [0.2, 0.25) is 0 Å². The van der Waals surface area contributed by atoms with Crippen molar-refractivity contribution >= 4 is 37.4 Å². The highest BCUT2D eigenvalue weighted by Gasteiger charge is 2.24. The molecule has 5 rings (SSSR count). The summed E-state index contributed by atoms with van der Waals surface area (Å²) in [6.07, 6.45) is 9.12. The fraction of sp³-hybridized carbons (Fsp3) is 0.0870. The molecular weight excluding hydrogens is 417 g/mol. The van der Waals surface area contributed by atoms with Gasteiger partial charge in [0.1, 0.15) is 5.82 Å². The highest BCUT2D eigenvalue weighted by molar-refractivity contribution is 9.15. The van der Waals surface area contributed by atoms with Crippen molar-refractivity contribution < 1.29 is 4.39 Å². The summed E-state index contributed by atoms with van der Waals surface area (Å²) in [6.45, 7) is 0. The van der Waals surface area contributed by atoms with Crippen molar-refractivity contribution in [2.45, 2.75) is 12.8 Å². The minimum Gasteiger partial charge on any atom is -0.265 e. The zero-order valence-corrected chi connectivity index (χ0v) is 16.4. The minimum absolute atomic E-state index is 0.246. The maximum Gasteiger partial charge on any atom is 0.123 e. The van der Waals surface area contributed by atoms with Crippen LogP contribution in [0.4, 0.5) is 4.39 Å². The van der Waals surface area contributed by atoms with Gasteiger partial charge in [0.25, 0.3) is 0 Å². The lowest BCUT2D eigenvalue weighted by Gasteiger charge is -2.09. The highest BCUT2D eigenvalue weighted by Crippen LogP contribution is 2.39. The van der Waals surface area contributed by atoms with Gasteiger partial charge in [0.15, 0.2) is 0 Å². The Morgan fingerprint density at radius 2 is 1.71 bits per heavy atom. The maximum absolute atomic E-state index is 13.3. The summed E-state index contributed by atoms with van der Waals surface area (Å²) in [5, 5.41) is 0. The molecule has 0 atom stereocenters. The lowest BCUT2D eigenvalue weighted by Crippen LogP contribution is -1.99. The molecule has 3 heterocycles. The van der Waals surface area contributed by atoms with Gasteiger partial charge in [-0.05, 0) is 47.0 Å². The molecule has 3 aromatic rings. The predicted octanol–water partition coefficient (Wildman–Crippen LogP) is 5.67. The predicted molar refractivity (Wildman–Crippen MR) is 113 cm³/mol. The summed E-state index contributed by atoms with van der Waals surface area (Å²) in [7, 11) is 0. The number of halogens is 2. The fourth-order valence-corrected chi connectivity index (χ4v) is 4.12. The van der Waals surface area contributed by atoms with Gasteiger partial charge in [-0.1, -0.05) is 34.1 Å². The molecule has 0 fully saturated rings. The van der Waals surface area contributed by atoms with Crippen LogP contribution in [-0.4, -0.2) is 15.7 Å². The molecule has 0 bridgehead atoms. The van der Waals surface area contributed by atoms with Crippen molar-refractivity contribution in [3.05, 3.63) is 101 Å². The monoisotopic (exact) mass is 431 g/mol. The zero-order valence-electron chi connectivity index (χ0n) is 14.9. The van der Waals surface area contributed by atoms with Crippen LogP contribution in [0.5, 0.6) is 0 Å². The van der Waals surface area contributed by atoms with E-state index in [0.29, 0.717) is 6.42 Å². The second-order valence-electron chi connectivity index (χ2n) is 6.78. The van der Waals surface area contributed by atoms with Crippen LogP contribution in [0.1, 0.15) is 34.4 Å². The number of hydrogen-bond acceptors (Lipinski definition) is 3. The number of nitrogens with zero attached hydrogens (tertiary/aromatic N) is 3. The summed E-state index contributed by atoms with van der Waals surface area (Å²) in [6, 6.07) is 12.6. The Balaban J connectivity index is 1.62. The first-order valence-corrected chi connectivity index (χ1v) is 9.81. The molecule has 2 aromatic heterocycles. The Kier molecular flexibility index (Phi) is 4.24. The minimum atomic E-state index is -0.246. The van der Waals surface area contributed by atoms with Crippen LogP contribution in [-0.2, 0) is 6.42 Å². The normalized spacial score (nSPS) is 15.5. The van der Waals surface area contributed by atoms with Gasteiger partial charge in [-0.15, -0.1) is 0 Å². The second kappa shape index (κ2) is 6.91. The standard InChI is InChI=1S/C23H15BrFN3/c24-20-5-6-21-19(20)11-16(13-27-21)18-12-22(14-1-3-17(25)4-2-14)28-23(18)15-7-9-26-10-8-15/h1-5,7-11,13H,6,12H2. The van der Waals surface area contributed by atoms with E-state index in [2.05, 4.69) is 38.0 Å². The van der Waals surface area contributed by atoms with E-state index in [-0.39, 0.29) is 5.82 Å². The van der Waals surface area contributed by atoms with Crippen molar-refractivity contribution in [2.24, 2.45) is 4.99 Å². The van der Waals surface area contributed by atoms with E-state index in [0.717, 1.165) is 55.8 Å². The molecule has 136 valence electrons. The zero-order chi connectivity index (χ0) is 19.1. The molecule has 0 radical (unpaired) electrons. The summed E-state index contributed by atoms with van der Waals surface area (Å²) in [5.74, 6) is -0.246. The van der Waals surface area contributed by atoms with Crippen LogP contribution in [0, 0.1) is 5.82 Å². The smallest absolute Gasteiger partial charge is 0.123 e. The van der Waals surface area contributed by atoms with Crippen LogP contribution in [0.3, 0.4) is 0 Å². The average molecular weight is 432 g/mol. The van der Waals surface area contributed by atoms with Crippen molar-refractivity contribution in [3.8, 4) is 0 Å². The first kappa shape index (κ1) is 17.2. The van der Waals surface area contributed by atoms with E-state index in [9.17, 15) is 4.39 Å². The number of rotatable bonds is 3. The lowest BCUT2D eigenvalue weighted by atomic mass is 9.96. The molecule has 1 aliphatic heterocycles. The summed E-state index contributed by atoms with van der Waals surface area (Å²) in [5.41, 5.74) is 8.18. The molecule has 5 heteroatoms. The number of hydrogen-bond donors (Lipinski definition) is 0. The lowest BCUT2D eigenvalue weighted by molar-refractivity contribution is 0.628. The molecule has 28 heavy (non-hydrogen) atoms. The molecule has 2 aliphatic rings. The average Bonchev–Trinajstić information content (AvgIpc) is 3.33. The van der Waals surface area contributed by atoms with Gasteiger partial charge in [-0.2, -0.15) is 0 Å². The van der Waals surface area contributed by atoms with Crippen molar-refractivity contribution in [1.82, 2.24) is 9.97 Å². The Hall–Kier alpha value is -2.92. The largest absolute Gasteiger partial charge is 0.265 e. The Morgan fingerprint density at radius 3 is 2.50 bits per heavy atom. The molecule has 0 saturated carbocycles. The molecule has 0 amide bonds. The molecule has 0 unspecified atom stereocenters. The van der Waals surface area contributed by atoms with Crippen LogP contribution in [0.15, 0.2) is 72.1 Å². The molecule has 0 spiro atoms. The van der Waals surface area contributed by atoms with E-state index in [1.165, 1.54) is 12.1 Å². The SMILES string of the molecule is Fc1ccc(C2=NC(c3ccncc3)=C(c3cnc4c(c3)C(Br)=CC4)C2)cc1. The van der Waals surface area contributed by atoms with Gasteiger partial charge in [-0.25, -0.2) is 4.39 Å². The van der Waals surface area contributed by atoms with E-state index in [4.69, 9.17) is 4.99 Å². The van der Waals surface area contributed by atoms with E-state index < -0.39 is 0 Å². The Morgan fingerprint density at radius 1 is 0.929 bits per heavy atom. The number of aliphatic imine (C=N–C) groups is 1. The third kappa shape index (κ3) is 3.02. The molecule has 1 aliphatic carbocycles. The van der Waals surface area contributed by atoms with Crippen LogP contribution < -0.4 is 0 Å². The first-order chi connectivity index (χ1) is 13.7. The van der Waals surface area contributed by atoms with Gasteiger partial charge >= 0.3 is 0 Å². The van der Waals surface area contributed by atoms with Gasteiger partial charge in [0, 0.05) is 47.0 Å². The molecule has 3 nitrogen and oxygen atoms in total. The van der Waals surface area contributed by atoms with Crippen LogP contribution in [0.2, 0.25) is 0 Å². The number of fused-ring (bicyclic) bond motifs is 1. The van der Waals surface area contributed by atoms with Gasteiger partial charge < -0.3 is 0 Å². The second-order valence-corrected chi connectivity index (χ2v) is 7.63. The quantitative estimate of drug-likeness (QED) is 0.535. The summed E-state index contributed by atoms with van der Waals surface area (Å²) < 4.78 is 14.4. The number of allylic oxidation sites excluding steroid dienone is 2. The molecule has 1 aromatic carbocycles. The Labute approximate surface area is 170 Å². The van der Waals surface area contributed by atoms with Gasteiger partial charge in [-0.3, -0.25) is 15.0 Å². The summed E-state index contributed by atoms with van der Waals surface area (Å²) >= 11 is 3.63. The number of pyridine rings is 2. The van der Waals surface area contributed by atoms with E-state index >= 15 is 0 Å². The van der Waals surface area contributed by atoms with Crippen molar-refractivity contribution in [3.63, 3.8) is 0 Å². The molecule has 0 saturated heterocycles. The van der Waals surface area contributed by atoms with Crippen molar-refractivity contribution in [2.75, 3.05) is 0 Å². The molecule has 0 N–H and O–H groups in total. The maximum atomic E-state index is 13.3. The molecular formula is C23H15BrFN3. The Bertz CT molecular complexity index is 1160. The van der Waals surface area contributed by atoms with E-state index in [1.807, 2.05) is 18.3 Å². The van der Waals surface area contributed by atoms with Crippen LogP contribution in [0.25, 0.3) is 15.8 Å². The number of benzene rings is 1. The van der Waals surface area contributed by atoms with Crippen molar-refractivity contribution in [1.29, 1.82) is 0 Å².